The number of benzene rings is 1. The Morgan fingerprint density at radius 3 is 2.43 bits per heavy atom. The van der Waals surface area contributed by atoms with E-state index in [1.165, 1.54) is 24.8 Å². The summed E-state index contributed by atoms with van der Waals surface area (Å²) in [6.07, 6.45) is 6.94. The van der Waals surface area contributed by atoms with Gasteiger partial charge in [0, 0.05) is 5.54 Å². The molecule has 1 aliphatic rings. The smallest absolute Gasteiger partial charge is 0.122 e. The summed E-state index contributed by atoms with van der Waals surface area (Å²) < 4.78 is 5.47. The van der Waals surface area contributed by atoms with Crippen LogP contribution in [0.5, 0.6) is 5.75 Å². The molecule has 0 heterocycles. The van der Waals surface area contributed by atoms with Crippen LogP contribution >= 0.6 is 0 Å². The van der Waals surface area contributed by atoms with E-state index in [0.717, 1.165) is 30.9 Å². The zero-order chi connectivity index (χ0) is 15.5. The number of nitrogens with two attached hydrogens (primary N) is 1. The van der Waals surface area contributed by atoms with Crippen molar-refractivity contribution in [1.29, 1.82) is 0 Å². The van der Waals surface area contributed by atoms with Gasteiger partial charge in [-0.25, -0.2) is 0 Å². The first-order valence-corrected chi connectivity index (χ1v) is 8.31. The second-order valence-electron chi connectivity index (χ2n) is 7.47. The van der Waals surface area contributed by atoms with Gasteiger partial charge in [0.25, 0.3) is 0 Å². The highest BCUT2D eigenvalue weighted by molar-refractivity contribution is 5.34. The second kappa shape index (κ2) is 6.39. The van der Waals surface area contributed by atoms with E-state index in [4.69, 9.17) is 10.5 Å². The van der Waals surface area contributed by atoms with Crippen LogP contribution in [0, 0.1) is 11.3 Å². The van der Waals surface area contributed by atoms with Crippen molar-refractivity contribution in [3.8, 4) is 5.75 Å². The third-order valence-electron chi connectivity index (χ3n) is 5.73. The lowest BCUT2D eigenvalue weighted by molar-refractivity contribution is 0.115. The average molecular weight is 289 g/mol. The van der Waals surface area contributed by atoms with Crippen molar-refractivity contribution < 1.29 is 4.74 Å². The normalized spacial score (nSPS) is 26.6. The fourth-order valence-electron chi connectivity index (χ4n) is 3.67. The lowest BCUT2D eigenvalue weighted by Crippen LogP contribution is -2.47. The highest BCUT2D eigenvalue weighted by Crippen LogP contribution is 2.43. The highest BCUT2D eigenvalue weighted by atomic mass is 16.5. The third-order valence-corrected chi connectivity index (χ3v) is 5.73. The number of para-hydroxylation sites is 1. The number of hydrogen-bond acceptors (Lipinski definition) is 2. The summed E-state index contributed by atoms with van der Waals surface area (Å²) in [5.74, 6) is 1.79. The van der Waals surface area contributed by atoms with Crippen LogP contribution in [0.4, 0.5) is 0 Å². The van der Waals surface area contributed by atoms with E-state index in [9.17, 15) is 0 Å². The summed E-state index contributed by atoms with van der Waals surface area (Å²) in [4.78, 5) is 0. The van der Waals surface area contributed by atoms with Crippen molar-refractivity contribution in [2.75, 3.05) is 7.11 Å². The first-order chi connectivity index (χ1) is 9.90. The van der Waals surface area contributed by atoms with Gasteiger partial charge < -0.3 is 10.5 Å². The zero-order valence-corrected chi connectivity index (χ0v) is 14.1. The third kappa shape index (κ3) is 3.79. The van der Waals surface area contributed by atoms with Gasteiger partial charge in [0.05, 0.1) is 7.11 Å². The van der Waals surface area contributed by atoms with Crippen molar-refractivity contribution in [2.24, 2.45) is 17.1 Å². The maximum Gasteiger partial charge on any atom is 0.122 e. The van der Waals surface area contributed by atoms with Crippen LogP contribution in [-0.4, -0.2) is 12.6 Å². The van der Waals surface area contributed by atoms with Gasteiger partial charge in [0.2, 0.25) is 0 Å². The fraction of sp³-hybridized carbons (Fsp3) is 0.684. The molecule has 2 heteroatoms. The molecule has 0 aliphatic heterocycles. The molecule has 21 heavy (non-hydrogen) atoms. The Hall–Kier alpha value is -1.02. The van der Waals surface area contributed by atoms with Gasteiger partial charge in [0.15, 0.2) is 0 Å². The van der Waals surface area contributed by atoms with Crippen molar-refractivity contribution in [3.05, 3.63) is 29.8 Å². The molecule has 0 spiro atoms. The molecule has 2 N–H and O–H groups in total. The first kappa shape index (κ1) is 16.4. The van der Waals surface area contributed by atoms with Gasteiger partial charge in [-0.2, -0.15) is 0 Å². The van der Waals surface area contributed by atoms with Crippen LogP contribution < -0.4 is 10.5 Å². The number of hydrogen-bond donors (Lipinski definition) is 1. The van der Waals surface area contributed by atoms with Crippen LogP contribution in [-0.2, 0) is 6.42 Å². The van der Waals surface area contributed by atoms with Gasteiger partial charge >= 0.3 is 0 Å². The van der Waals surface area contributed by atoms with Crippen LogP contribution in [0.25, 0.3) is 0 Å². The van der Waals surface area contributed by atoms with E-state index in [-0.39, 0.29) is 5.54 Å². The molecule has 0 unspecified atom stereocenters. The molecule has 1 saturated carbocycles. The van der Waals surface area contributed by atoms with E-state index in [1.807, 2.05) is 12.1 Å². The second-order valence-corrected chi connectivity index (χ2v) is 7.47. The van der Waals surface area contributed by atoms with Gasteiger partial charge in [-0.3, -0.25) is 0 Å². The highest BCUT2D eigenvalue weighted by Gasteiger charge is 2.37. The molecular weight excluding hydrogens is 258 g/mol. The molecule has 0 aromatic heterocycles. The minimum atomic E-state index is -0.0606. The molecule has 0 amide bonds. The van der Waals surface area contributed by atoms with E-state index in [0.29, 0.717) is 5.41 Å². The summed E-state index contributed by atoms with van der Waals surface area (Å²) in [7, 11) is 1.74. The average Bonchev–Trinajstić information content (AvgIpc) is 2.48. The Balaban J connectivity index is 2.02. The van der Waals surface area contributed by atoms with Crippen molar-refractivity contribution in [3.63, 3.8) is 0 Å². The van der Waals surface area contributed by atoms with Crippen molar-refractivity contribution >= 4 is 0 Å². The van der Waals surface area contributed by atoms with Crippen molar-refractivity contribution in [1.82, 2.24) is 0 Å². The number of methoxy groups -OCH3 is 1. The maximum atomic E-state index is 6.71. The lowest BCUT2D eigenvalue weighted by Gasteiger charge is -2.43. The Morgan fingerprint density at radius 2 is 1.86 bits per heavy atom. The Kier molecular flexibility index (Phi) is 4.98. The fourth-order valence-corrected chi connectivity index (χ4v) is 3.67. The first-order valence-electron chi connectivity index (χ1n) is 8.31. The molecule has 1 fully saturated rings. The predicted octanol–water partition coefficient (Wildman–Crippen LogP) is 4.56. The SMILES string of the molecule is CCC(C)(C)C1CCC(N)(Cc2ccccc2OC)CC1. The molecule has 0 atom stereocenters. The molecule has 1 aromatic carbocycles. The van der Waals surface area contributed by atoms with Gasteiger partial charge in [0.1, 0.15) is 5.75 Å². The standard InChI is InChI=1S/C19H31NO/c1-5-18(2,3)16-10-12-19(20,13-11-16)14-15-8-6-7-9-17(15)21-4/h6-9,16H,5,10-14,20H2,1-4H3. The van der Waals surface area contributed by atoms with Gasteiger partial charge in [-0.1, -0.05) is 45.4 Å². The van der Waals surface area contributed by atoms with E-state index in [2.05, 4.69) is 32.9 Å². The monoisotopic (exact) mass is 289 g/mol. The van der Waals surface area contributed by atoms with Crippen LogP contribution in [0.3, 0.4) is 0 Å². The molecule has 118 valence electrons. The summed E-state index contributed by atoms with van der Waals surface area (Å²) >= 11 is 0. The summed E-state index contributed by atoms with van der Waals surface area (Å²) in [5, 5.41) is 0. The predicted molar refractivity (Wildman–Crippen MR) is 89.6 cm³/mol. The topological polar surface area (TPSA) is 35.2 Å². The number of rotatable bonds is 5. The quantitative estimate of drug-likeness (QED) is 0.862. The number of ether oxygens (including phenoxy) is 1. The summed E-state index contributed by atoms with van der Waals surface area (Å²) in [6, 6.07) is 8.28. The van der Waals surface area contributed by atoms with E-state index >= 15 is 0 Å². The Morgan fingerprint density at radius 1 is 1.24 bits per heavy atom. The molecular formula is C19H31NO. The molecule has 2 nitrogen and oxygen atoms in total. The maximum absolute atomic E-state index is 6.71. The van der Waals surface area contributed by atoms with Gasteiger partial charge in [-0.15, -0.1) is 0 Å². The summed E-state index contributed by atoms with van der Waals surface area (Å²) in [5.41, 5.74) is 8.34. The van der Waals surface area contributed by atoms with E-state index < -0.39 is 0 Å². The molecule has 0 radical (unpaired) electrons. The van der Waals surface area contributed by atoms with Crippen LogP contribution in [0.15, 0.2) is 24.3 Å². The summed E-state index contributed by atoms with van der Waals surface area (Å²) in [6.45, 7) is 7.11. The largest absolute Gasteiger partial charge is 0.496 e. The Bertz CT molecular complexity index is 458. The van der Waals surface area contributed by atoms with Gasteiger partial charge in [-0.05, 0) is 55.1 Å². The minimum Gasteiger partial charge on any atom is -0.496 e. The zero-order valence-electron chi connectivity index (χ0n) is 14.1. The lowest BCUT2D eigenvalue weighted by atomic mass is 9.65. The van der Waals surface area contributed by atoms with Crippen molar-refractivity contribution in [2.45, 2.75) is 64.8 Å². The molecule has 1 aliphatic carbocycles. The Labute approximate surface area is 130 Å². The minimum absolute atomic E-state index is 0.0606. The molecule has 0 saturated heterocycles. The van der Waals surface area contributed by atoms with Crippen LogP contribution in [0.1, 0.15) is 58.4 Å². The molecule has 2 rings (SSSR count). The molecule has 1 aromatic rings. The molecule has 0 bridgehead atoms. The van der Waals surface area contributed by atoms with Crippen LogP contribution in [0.2, 0.25) is 0 Å². The van der Waals surface area contributed by atoms with E-state index in [1.54, 1.807) is 7.11 Å².